The molecular weight excluding hydrogens is 291 g/mol. The Labute approximate surface area is 118 Å². The largest absolute Gasteiger partial charge is 0.339 e. The van der Waals surface area contributed by atoms with Crippen molar-refractivity contribution in [3.63, 3.8) is 0 Å². The third kappa shape index (κ3) is 3.00. The molecule has 1 heterocycles. The second-order valence-electron chi connectivity index (χ2n) is 3.80. The van der Waals surface area contributed by atoms with E-state index in [1.54, 1.807) is 31.2 Å². The van der Waals surface area contributed by atoms with Gasteiger partial charge >= 0.3 is 0 Å². The highest BCUT2D eigenvalue weighted by atomic mass is 35.5. The van der Waals surface area contributed by atoms with Crippen LogP contribution in [0.15, 0.2) is 28.8 Å². The fourth-order valence-corrected chi connectivity index (χ4v) is 2.13. The first-order valence-electron chi connectivity index (χ1n) is 5.28. The van der Waals surface area contributed by atoms with Crippen molar-refractivity contribution in [2.45, 2.75) is 12.8 Å². The third-order valence-electron chi connectivity index (χ3n) is 2.46. The minimum Gasteiger partial charge on any atom is -0.339 e. The lowest BCUT2D eigenvalue weighted by Gasteiger charge is -2.08. The Morgan fingerprint density at radius 3 is 2.47 bits per heavy atom. The number of carbonyl (C=O) groups excluding carboxylic acids is 2. The lowest BCUT2D eigenvalue weighted by atomic mass is 9.99. The van der Waals surface area contributed by atoms with Crippen molar-refractivity contribution in [2.75, 3.05) is 0 Å². The van der Waals surface area contributed by atoms with E-state index in [0.29, 0.717) is 22.8 Å². The fourth-order valence-electron chi connectivity index (χ4n) is 1.63. The summed E-state index contributed by atoms with van der Waals surface area (Å²) in [5.41, 5.74) is 0.995. The molecule has 0 aliphatic carbocycles. The number of carbonyl (C=O) groups is 2. The van der Waals surface area contributed by atoms with Gasteiger partial charge in [-0.1, -0.05) is 23.4 Å². The molecule has 2 rings (SSSR count). The van der Waals surface area contributed by atoms with Gasteiger partial charge in [0, 0.05) is 12.5 Å². The Morgan fingerprint density at radius 2 is 1.95 bits per heavy atom. The van der Waals surface area contributed by atoms with Gasteiger partial charge in [-0.3, -0.25) is 9.59 Å². The summed E-state index contributed by atoms with van der Waals surface area (Å²) in [4.78, 5) is 26.6. The standard InChI is InChI=1S/C12H8Cl2N2O3/c1-6-15-12(16-19-6)8-4-2-3-7(5-8)9(10(13)17)11(14)18/h2-5,9H,1H3. The molecule has 0 fully saturated rings. The van der Waals surface area contributed by atoms with Crippen LogP contribution >= 0.6 is 23.2 Å². The van der Waals surface area contributed by atoms with Gasteiger partial charge < -0.3 is 4.52 Å². The molecule has 0 aliphatic heterocycles. The zero-order valence-electron chi connectivity index (χ0n) is 9.76. The number of rotatable bonds is 4. The van der Waals surface area contributed by atoms with Crippen LogP contribution in [0, 0.1) is 6.92 Å². The Hall–Kier alpha value is -1.72. The Kier molecular flexibility index (Phi) is 3.97. The fraction of sp³-hybridized carbons (Fsp3) is 0.167. The lowest BCUT2D eigenvalue weighted by molar-refractivity contribution is -0.120. The van der Waals surface area contributed by atoms with Crippen LogP contribution in [0.3, 0.4) is 0 Å². The van der Waals surface area contributed by atoms with Gasteiger partial charge in [0.25, 0.3) is 0 Å². The number of aromatic nitrogens is 2. The minimum atomic E-state index is -1.20. The van der Waals surface area contributed by atoms with Crippen LogP contribution in [0.2, 0.25) is 0 Å². The highest BCUT2D eigenvalue weighted by Crippen LogP contribution is 2.25. The molecule has 0 saturated heterocycles. The van der Waals surface area contributed by atoms with Crippen LogP contribution in [0.5, 0.6) is 0 Å². The molecule has 0 bridgehead atoms. The molecule has 98 valence electrons. The molecule has 1 aromatic heterocycles. The zero-order valence-corrected chi connectivity index (χ0v) is 11.3. The molecule has 7 heteroatoms. The molecule has 0 amide bonds. The van der Waals surface area contributed by atoms with Crippen molar-refractivity contribution in [3.05, 3.63) is 35.7 Å². The van der Waals surface area contributed by atoms with E-state index in [1.165, 1.54) is 0 Å². The van der Waals surface area contributed by atoms with Crippen molar-refractivity contribution in [1.82, 2.24) is 10.1 Å². The lowest BCUT2D eigenvalue weighted by Crippen LogP contribution is -2.13. The average molecular weight is 299 g/mol. The summed E-state index contributed by atoms with van der Waals surface area (Å²) in [5, 5.41) is 2.09. The first-order valence-corrected chi connectivity index (χ1v) is 6.04. The first kappa shape index (κ1) is 13.7. The smallest absolute Gasteiger partial charge is 0.237 e. The molecule has 0 N–H and O–H groups in total. The van der Waals surface area contributed by atoms with Gasteiger partial charge in [-0.2, -0.15) is 4.98 Å². The maximum Gasteiger partial charge on any atom is 0.237 e. The van der Waals surface area contributed by atoms with Crippen LogP contribution in [0.4, 0.5) is 0 Å². The summed E-state index contributed by atoms with van der Waals surface area (Å²) >= 11 is 10.8. The maximum absolute atomic E-state index is 11.2. The molecule has 0 aliphatic rings. The van der Waals surface area contributed by atoms with Crippen LogP contribution in [-0.2, 0) is 9.59 Å². The van der Waals surface area contributed by atoms with E-state index in [1.807, 2.05) is 0 Å². The van der Waals surface area contributed by atoms with E-state index in [-0.39, 0.29) is 0 Å². The monoisotopic (exact) mass is 298 g/mol. The summed E-state index contributed by atoms with van der Waals surface area (Å²) in [6, 6.07) is 6.54. The Balaban J connectivity index is 2.44. The summed E-state index contributed by atoms with van der Waals surface area (Å²) in [7, 11) is 0. The molecule has 0 unspecified atom stereocenters. The van der Waals surface area contributed by atoms with Crippen molar-refractivity contribution >= 4 is 33.7 Å². The SMILES string of the molecule is Cc1nc(-c2cccc(C(C(=O)Cl)C(=O)Cl)c2)no1. The number of hydrogen-bond donors (Lipinski definition) is 0. The molecule has 19 heavy (non-hydrogen) atoms. The van der Waals surface area contributed by atoms with E-state index in [9.17, 15) is 9.59 Å². The van der Waals surface area contributed by atoms with Crippen molar-refractivity contribution < 1.29 is 14.1 Å². The molecule has 2 aromatic rings. The van der Waals surface area contributed by atoms with Gasteiger partial charge in [-0.15, -0.1) is 0 Å². The highest BCUT2D eigenvalue weighted by Gasteiger charge is 2.26. The first-order chi connectivity index (χ1) is 8.99. The second kappa shape index (κ2) is 5.50. The van der Waals surface area contributed by atoms with Gasteiger partial charge in [0.05, 0.1) is 0 Å². The van der Waals surface area contributed by atoms with Gasteiger partial charge in [0.15, 0.2) is 0 Å². The average Bonchev–Trinajstić information content (AvgIpc) is 2.75. The van der Waals surface area contributed by atoms with E-state index < -0.39 is 16.4 Å². The number of aryl methyl sites for hydroxylation is 1. The predicted octanol–water partition coefficient (Wildman–Crippen LogP) is 2.66. The van der Waals surface area contributed by atoms with Gasteiger partial charge in [-0.05, 0) is 34.8 Å². The topological polar surface area (TPSA) is 73.1 Å². The summed E-state index contributed by atoms with van der Waals surface area (Å²) in [6.07, 6.45) is 0. The van der Waals surface area contributed by atoms with Gasteiger partial charge in [0.1, 0.15) is 5.92 Å². The molecule has 0 atom stereocenters. The van der Waals surface area contributed by atoms with Crippen molar-refractivity contribution in [3.8, 4) is 11.4 Å². The molecular formula is C12H8Cl2N2O3. The van der Waals surface area contributed by atoms with Crippen LogP contribution in [0.1, 0.15) is 17.4 Å². The van der Waals surface area contributed by atoms with E-state index in [2.05, 4.69) is 10.1 Å². The van der Waals surface area contributed by atoms with Crippen LogP contribution in [-0.4, -0.2) is 20.6 Å². The number of nitrogens with zero attached hydrogens (tertiary/aromatic N) is 2. The molecule has 0 radical (unpaired) electrons. The van der Waals surface area contributed by atoms with Crippen molar-refractivity contribution in [2.24, 2.45) is 0 Å². The Morgan fingerprint density at radius 1 is 1.26 bits per heavy atom. The quantitative estimate of drug-likeness (QED) is 0.641. The van der Waals surface area contributed by atoms with E-state index >= 15 is 0 Å². The summed E-state index contributed by atoms with van der Waals surface area (Å²) in [5.74, 6) is -0.419. The van der Waals surface area contributed by atoms with Crippen LogP contribution in [0.25, 0.3) is 11.4 Å². The van der Waals surface area contributed by atoms with Crippen LogP contribution < -0.4 is 0 Å². The maximum atomic E-state index is 11.2. The zero-order chi connectivity index (χ0) is 14.0. The van der Waals surface area contributed by atoms with E-state index in [4.69, 9.17) is 27.7 Å². The molecule has 1 aromatic carbocycles. The summed E-state index contributed by atoms with van der Waals surface area (Å²) < 4.78 is 4.87. The van der Waals surface area contributed by atoms with Gasteiger partial charge in [0.2, 0.25) is 22.2 Å². The molecule has 5 nitrogen and oxygen atoms in total. The highest BCUT2D eigenvalue weighted by molar-refractivity contribution is 6.74. The second-order valence-corrected chi connectivity index (χ2v) is 4.55. The molecule has 0 spiro atoms. The number of benzene rings is 1. The number of hydrogen-bond acceptors (Lipinski definition) is 5. The van der Waals surface area contributed by atoms with E-state index in [0.717, 1.165) is 0 Å². The van der Waals surface area contributed by atoms with Crippen molar-refractivity contribution in [1.29, 1.82) is 0 Å². The number of halogens is 2. The van der Waals surface area contributed by atoms with Gasteiger partial charge in [-0.25, -0.2) is 0 Å². The predicted molar refractivity (Wildman–Crippen MR) is 68.9 cm³/mol. The minimum absolute atomic E-state index is 0.363. The third-order valence-corrected chi connectivity index (χ3v) is 2.90. The normalized spacial score (nSPS) is 10.7. The summed E-state index contributed by atoms with van der Waals surface area (Å²) in [6.45, 7) is 1.66. The molecule has 0 saturated carbocycles. The Bertz CT molecular complexity index is 625.